The zero-order valence-corrected chi connectivity index (χ0v) is 20.9. The molecule has 9 heteroatoms. The minimum absolute atomic E-state index is 0.116. The molecule has 1 spiro atoms. The first-order chi connectivity index (χ1) is 16.5. The Morgan fingerprint density at radius 2 is 1.91 bits per heavy atom. The number of para-hydroxylation sites is 1. The van der Waals surface area contributed by atoms with E-state index in [4.69, 9.17) is 38.7 Å². The molecule has 1 saturated heterocycles. The molecular weight excluding hydrogens is 489 g/mol. The Kier molecular flexibility index (Phi) is 5.41. The second kappa shape index (κ2) is 8.34. The molecule has 0 radical (unpaired) electrons. The molecule has 2 aromatic heterocycles. The number of nitrogens with two attached hydrogens (primary N) is 1. The predicted molar refractivity (Wildman–Crippen MR) is 136 cm³/mol. The first kappa shape index (κ1) is 22.0. The normalized spacial score (nSPS) is 18.9. The van der Waals surface area contributed by atoms with E-state index in [-0.39, 0.29) is 11.6 Å². The van der Waals surface area contributed by atoms with Crippen LogP contribution in [0.4, 0.5) is 5.95 Å². The van der Waals surface area contributed by atoms with Crippen LogP contribution < -0.4 is 15.4 Å². The molecule has 2 aromatic carbocycles. The molecule has 2 N–H and O–H groups in total. The maximum absolute atomic E-state index is 6.66. The van der Waals surface area contributed by atoms with E-state index in [1.54, 1.807) is 6.07 Å². The van der Waals surface area contributed by atoms with Crippen LogP contribution in [0.3, 0.4) is 0 Å². The highest BCUT2D eigenvalue weighted by Crippen LogP contribution is 2.47. The van der Waals surface area contributed by atoms with Gasteiger partial charge < -0.3 is 15.4 Å². The zero-order chi connectivity index (χ0) is 23.4. The summed E-state index contributed by atoms with van der Waals surface area (Å²) < 4.78 is 8.47. The third-order valence-electron chi connectivity index (χ3n) is 6.81. The van der Waals surface area contributed by atoms with Crippen molar-refractivity contribution in [1.82, 2.24) is 14.4 Å². The Morgan fingerprint density at radius 3 is 2.71 bits per heavy atom. The summed E-state index contributed by atoms with van der Waals surface area (Å²) in [5.74, 6) is 1.79. The minimum Gasteiger partial charge on any atom is -0.485 e. The lowest BCUT2D eigenvalue weighted by Crippen LogP contribution is -2.52. The summed E-state index contributed by atoms with van der Waals surface area (Å²) >= 11 is 14.2. The van der Waals surface area contributed by atoms with Gasteiger partial charge >= 0.3 is 0 Å². The summed E-state index contributed by atoms with van der Waals surface area (Å²) in [4.78, 5) is 13.8. The van der Waals surface area contributed by atoms with Crippen molar-refractivity contribution in [2.75, 3.05) is 18.0 Å². The van der Waals surface area contributed by atoms with Crippen LogP contribution in [-0.4, -0.2) is 33.1 Å². The number of halogens is 2. The van der Waals surface area contributed by atoms with Crippen LogP contribution in [0.1, 0.15) is 30.1 Å². The minimum atomic E-state index is -0.359. The number of hydrogen-bond donors (Lipinski definition) is 1. The number of aryl methyl sites for hydroxylation is 1. The van der Waals surface area contributed by atoms with E-state index >= 15 is 0 Å². The molecule has 0 aliphatic carbocycles. The number of benzene rings is 2. The van der Waals surface area contributed by atoms with E-state index in [2.05, 4.69) is 20.4 Å². The van der Waals surface area contributed by atoms with Crippen molar-refractivity contribution in [3.8, 4) is 5.75 Å². The molecular formula is C25H23Cl2N5OS. The van der Waals surface area contributed by atoms with E-state index in [1.165, 1.54) is 11.8 Å². The van der Waals surface area contributed by atoms with Crippen molar-refractivity contribution in [3.63, 3.8) is 0 Å². The van der Waals surface area contributed by atoms with Crippen LogP contribution in [0, 0.1) is 6.92 Å². The van der Waals surface area contributed by atoms with Crippen molar-refractivity contribution in [1.29, 1.82) is 0 Å². The monoisotopic (exact) mass is 511 g/mol. The third-order valence-corrected chi connectivity index (χ3v) is 8.98. The lowest BCUT2D eigenvalue weighted by atomic mass is 9.83. The third kappa shape index (κ3) is 3.45. The Hall–Kier alpha value is -2.45. The highest BCUT2D eigenvalue weighted by molar-refractivity contribution is 7.99. The van der Waals surface area contributed by atoms with Gasteiger partial charge in [-0.25, -0.2) is 9.97 Å². The standard InChI is InChI=1S/C25H23Cl2N5OS/c1-15-21(34-19-8-4-6-17(26)20(19)27)23-29-11-14-32(23)24(30-15)31-12-9-25(10-13-31)22(28)16-5-2-3-7-18(16)33-25/h2-8,11,14,22H,9-10,12-13,28H2,1H3/t22-/m1/s1. The molecule has 2 aliphatic rings. The Bertz CT molecular complexity index is 1400. The lowest BCUT2D eigenvalue weighted by Gasteiger charge is -2.41. The van der Waals surface area contributed by atoms with Gasteiger partial charge in [-0.2, -0.15) is 0 Å². The Labute approximate surface area is 212 Å². The highest BCUT2D eigenvalue weighted by Gasteiger charge is 2.48. The van der Waals surface area contributed by atoms with Gasteiger partial charge in [-0.3, -0.25) is 4.40 Å². The fourth-order valence-corrected chi connectivity index (χ4v) is 6.43. The second-order valence-corrected chi connectivity index (χ2v) is 10.6. The number of nitrogens with zero attached hydrogens (tertiary/aromatic N) is 4. The molecule has 0 saturated carbocycles. The number of piperidine rings is 1. The molecule has 1 atom stereocenters. The molecule has 0 unspecified atom stereocenters. The van der Waals surface area contributed by atoms with E-state index in [9.17, 15) is 0 Å². The molecule has 34 heavy (non-hydrogen) atoms. The summed E-state index contributed by atoms with van der Waals surface area (Å²) in [5.41, 5.74) is 9.15. The van der Waals surface area contributed by atoms with E-state index in [0.717, 1.165) is 64.3 Å². The first-order valence-corrected chi connectivity index (χ1v) is 12.8. The zero-order valence-electron chi connectivity index (χ0n) is 18.5. The number of aromatic nitrogens is 3. The number of fused-ring (bicyclic) bond motifs is 2. The van der Waals surface area contributed by atoms with E-state index < -0.39 is 0 Å². The quantitative estimate of drug-likeness (QED) is 0.367. The second-order valence-electron chi connectivity index (χ2n) is 8.77. The number of rotatable bonds is 3. The van der Waals surface area contributed by atoms with Gasteiger partial charge in [-0.1, -0.05) is 59.2 Å². The average Bonchev–Trinajstić information content (AvgIpc) is 3.43. The van der Waals surface area contributed by atoms with Crippen LogP contribution in [0.5, 0.6) is 5.75 Å². The average molecular weight is 512 g/mol. The van der Waals surface area contributed by atoms with Gasteiger partial charge in [0.2, 0.25) is 5.95 Å². The number of hydrogen-bond acceptors (Lipinski definition) is 6. The Balaban J connectivity index is 1.29. The summed E-state index contributed by atoms with van der Waals surface area (Å²) in [6, 6.07) is 13.6. The van der Waals surface area contributed by atoms with Crippen LogP contribution in [-0.2, 0) is 0 Å². The molecule has 174 valence electrons. The van der Waals surface area contributed by atoms with Crippen molar-refractivity contribution in [2.45, 2.75) is 41.2 Å². The largest absolute Gasteiger partial charge is 0.485 e. The molecule has 2 aliphatic heterocycles. The maximum Gasteiger partial charge on any atom is 0.211 e. The lowest BCUT2D eigenvalue weighted by molar-refractivity contribution is 0.0429. The Morgan fingerprint density at radius 1 is 1.12 bits per heavy atom. The molecule has 6 rings (SSSR count). The van der Waals surface area contributed by atoms with Crippen molar-refractivity contribution in [3.05, 3.63) is 76.2 Å². The van der Waals surface area contributed by atoms with E-state index in [1.807, 2.05) is 49.6 Å². The van der Waals surface area contributed by atoms with Crippen molar-refractivity contribution < 1.29 is 4.74 Å². The molecule has 0 bridgehead atoms. The molecule has 4 aromatic rings. The van der Waals surface area contributed by atoms with Crippen LogP contribution in [0.15, 0.2) is 64.6 Å². The van der Waals surface area contributed by atoms with Crippen LogP contribution in [0.25, 0.3) is 5.65 Å². The van der Waals surface area contributed by atoms with Gasteiger partial charge in [0.15, 0.2) is 5.65 Å². The number of ether oxygens (including phenoxy) is 1. The smallest absolute Gasteiger partial charge is 0.211 e. The molecule has 4 heterocycles. The number of anilines is 1. The topological polar surface area (TPSA) is 68.7 Å². The highest BCUT2D eigenvalue weighted by atomic mass is 35.5. The van der Waals surface area contributed by atoms with E-state index in [0.29, 0.717) is 10.0 Å². The fraction of sp³-hybridized carbons (Fsp3) is 0.280. The molecule has 6 nitrogen and oxygen atoms in total. The molecule has 1 fully saturated rings. The summed E-state index contributed by atoms with van der Waals surface area (Å²) in [6.45, 7) is 3.61. The van der Waals surface area contributed by atoms with Gasteiger partial charge in [-0.15, -0.1) is 0 Å². The summed E-state index contributed by atoms with van der Waals surface area (Å²) in [6.07, 6.45) is 5.42. The van der Waals surface area contributed by atoms with Gasteiger partial charge in [0.25, 0.3) is 0 Å². The SMILES string of the molecule is Cc1nc(N2CCC3(CC2)Oc2ccccc2[C@H]3N)n2ccnc2c1Sc1cccc(Cl)c1Cl. The predicted octanol–water partition coefficient (Wildman–Crippen LogP) is 5.93. The van der Waals surface area contributed by atoms with Gasteiger partial charge in [-0.05, 0) is 25.1 Å². The summed E-state index contributed by atoms with van der Waals surface area (Å²) in [7, 11) is 0. The van der Waals surface area contributed by atoms with Crippen molar-refractivity contribution in [2.24, 2.45) is 5.73 Å². The summed E-state index contributed by atoms with van der Waals surface area (Å²) in [5, 5.41) is 1.07. The van der Waals surface area contributed by atoms with Gasteiger partial charge in [0.05, 0.1) is 26.7 Å². The maximum atomic E-state index is 6.66. The molecule has 0 amide bonds. The van der Waals surface area contributed by atoms with Crippen molar-refractivity contribution >= 4 is 46.6 Å². The van der Waals surface area contributed by atoms with Gasteiger partial charge in [0.1, 0.15) is 11.4 Å². The van der Waals surface area contributed by atoms with Crippen LogP contribution in [0.2, 0.25) is 10.0 Å². The van der Waals surface area contributed by atoms with Gasteiger partial charge in [0, 0.05) is 48.8 Å². The first-order valence-electron chi connectivity index (χ1n) is 11.2. The number of imidazole rings is 1. The van der Waals surface area contributed by atoms with Crippen LogP contribution >= 0.6 is 35.0 Å². The fourth-order valence-electron chi connectivity index (χ4n) is 4.96.